The van der Waals surface area contributed by atoms with Crippen LogP contribution in [0, 0.1) is 5.92 Å². The molecule has 0 aromatic rings. The standard InChI is InChI=1S/C10H20N4O2/c1-8(2)9(12-13-11)7-10(15)16-6-5-14(3)4/h8-9H,5-7H2,1-4H3. The van der Waals surface area contributed by atoms with Crippen molar-refractivity contribution in [3.05, 3.63) is 10.4 Å². The van der Waals surface area contributed by atoms with Crippen molar-refractivity contribution in [2.75, 3.05) is 27.2 Å². The van der Waals surface area contributed by atoms with Crippen molar-refractivity contribution in [3.8, 4) is 0 Å². The monoisotopic (exact) mass is 228 g/mol. The minimum absolute atomic E-state index is 0.136. The van der Waals surface area contributed by atoms with Crippen LogP contribution in [-0.4, -0.2) is 44.2 Å². The molecule has 0 amide bonds. The normalized spacial score (nSPS) is 12.4. The summed E-state index contributed by atoms with van der Waals surface area (Å²) in [5, 5.41) is 3.58. The van der Waals surface area contributed by atoms with Crippen molar-refractivity contribution in [2.24, 2.45) is 11.0 Å². The highest BCUT2D eigenvalue weighted by atomic mass is 16.5. The van der Waals surface area contributed by atoms with Gasteiger partial charge in [0.05, 0.1) is 12.5 Å². The SMILES string of the molecule is CC(C)C(CC(=O)OCCN(C)C)N=[N+]=[N-]. The fraction of sp³-hybridized carbons (Fsp3) is 0.900. The quantitative estimate of drug-likeness (QED) is 0.288. The minimum atomic E-state index is -0.322. The van der Waals surface area contributed by atoms with E-state index in [0.29, 0.717) is 13.2 Å². The molecule has 92 valence electrons. The molecule has 0 radical (unpaired) electrons. The maximum Gasteiger partial charge on any atom is 0.306 e. The summed E-state index contributed by atoms with van der Waals surface area (Å²) in [6, 6.07) is -0.322. The lowest BCUT2D eigenvalue weighted by Gasteiger charge is -2.15. The summed E-state index contributed by atoms with van der Waals surface area (Å²) >= 11 is 0. The molecule has 0 bridgehead atoms. The maximum absolute atomic E-state index is 11.4. The van der Waals surface area contributed by atoms with Crippen molar-refractivity contribution < 1.29 is 9.53 Å². The van der Waals surface area contributed by atoms with Crippen LogP contribution >= 0.6 is 0 Å². The summed E-state index contributed by atoms with van der Waals surface area (Å²) in [6.07, 6.45) is 0.148. The number of nitrogens with zero attached hydrogens (tertiary/aromatic N) is 4. The summed E-state index contributed by atoms with van der Waals surface area (Å²) < 4.78 is 5.02. The Morgan fingerprint density at radius 2 is 2.12 bits per heavy atom. The van der Waals surface area contributed by atoms with E-state index in [1.54, 1.807) is 0 Å². The van der Waals surface area contributed by atoms with Gasteiger partial charge in [0.1, 0.15) is 6.61 Å². The number of rotatable bonds is 7. The number of hydrogen-bond acceptors (Lipinski definition) is 4. The second-order valence-corrected chi connectivity index (χ2v) is 4.24. The zero-order valence-electron chi connectivity index (χ0n) is 10.4. The van der Waals surface area contributed by atoms with Gasteiger partial charge in [0.25, 0.3) is 0 Å². The molecule has 0 aliphatic rings. The van der Waals surface area contributed by atoms with Gasteiger partial charge in [-0.15, -0.1) is 0 Å². The second-order valence-electron chi connectivity index (χ2n) is 4.24. The molecule has 1 unspecified atom stereocenters. The van der Waals surface area contributed by atoms with Gasteiger partial charge in [-0.05, 0) is 25.5 Å². The van der Waals surface area contributed by atoms with Gasteiger partial charge in [0, 0.05) is 11.5 Å². The second kappa shape index (κ2) is 7.96. The first kappa shape index (κ1) is 14.7. The molecule has 0 aliphatic heterocycles. The van der Waals surface area contributed by atoms with Gasteiger partial charge < -0.3 is 9.64 Å². The third kappa shape index (κ3) is 7.09. The summed E-state index contributed by atoms with van der Waals surface area (Å²) in [6.45, 7) is 4.88. The number of esters is 1. The Kier molecular flexibility index (Phi) is 7.33. The van der Waals surface area contributed by atoms with Crippen LogP contribution in [-0.2, 0) is 9.53 Å². The molecule has 0 heterocycles. The van der Waals surface area contributed by atoms with Crippen LogP contribution in [0.2, 0.25) is 0 Å². The van der Waals surface area contributed by atoms with Crippen LogP contribution in [0.25, 0.3) is 10.4 Å². The Bertz CT molecular complexity index is 260. The lowest BCUT2D eigenvalue weighted by molar-refractivity contribution is -0.144. The van der Waals surface area contributed by atoms with E-state index in [-0.39, 0.29) is 24.3 Å². The van der Waals surface area contributed by atoms with Gasteiger partial charge in [-0.3, -0.25) is 4.79 Å². The van der Waals surface area contributed by atoms with E-state index in [2.05, 4.69) is 10.0 Å². The third-order valence-electron chi connectivity index (χ3n) is 2.15. The fourth-order valence-electron chi connectivity index (χ4n) is 1.05. The average Bonchev–Trinajstić information content (AvgIpc) is 2.16. The van der Waals surface area contributed by atoms with Crippen LogP contribution in [0.5, 0.6) is 0 Å². The zero-order chi connectivity index (χ0) is 12.6. The van der Waals surface area contributed by atoms with Gasteiger partial charge in [0.2, 0.25) is 0 Å². The van der Waals surface area contributed by atoms with Crippen molar-refractivity contribution in [3.63, 3.8) is 0 Å². The summed E-state index contributed by atoms with van der Waals surface area (Å²) in [5.41, 5.74) is 8.35. The molecule has 0 N–H and O–H groups in total. The molecular weight excluding hydrogens is 208 g/mol. The zero-order valence-corrected chi connectivity index (χ0v) is 10.4. The first-order valence-corrected chi connectivity index (χ1v) is 5.32. The van der Waals surface area contributed by atoms with Crippen LogP contribution < -0.4 is 0 Å². The first-order chi connectivity index (χ1) is 7.47. The number of likely N-dealkylation sites (N-methyl/N-ethyl adjacent to an activating group) is 1. The Labute approximate surface area is 96.2 Å². The fourth-order valence-corrected chi connectivity index (χ4v) is 1.05. The minimum Gasteiger partial charge on any atom is -0.464 e. The predicted molar refractivity (Wildman–Crippen MR) is 61.9 cm³/mol. The predicted octanol–water partition coefficient (Wildman–Crippen LogP) is 1.82. The molecule has 1 atom stereocenters. The largest absolute Gasteiger partial charge is 0.464 e. The van der Waals surface area contributed by atoms with Crippen molar-refractivity contribution >= 4 is 5.97 Å². The lowest BCUT2D eigenvalue weighted by atomic mass is 10.0. The average molecular weight is 228 g/mol. The number of ether oxygens (including phenoxy) is 1. The smallest absolute Gasteiger partial charge is 0.306 e. The molecule has 0 aliphatic carbocycles. The van der Waals surface area contributed by atoms with Crippen molar-refractivity contribution in [1.29, 1.82) is 0 Å². The highest BCUT2D eigenvalue weighted by molar-refractivity contribution is 5.70. The number of carbonyl (C=O) groups is 1. The van der Waals surface area contributed by atoms with E-state index in [1.165, 1.54) is 0 Å². The topological polar surface area (TPSA) is 78.3 Å². The summed E-state index contributed by atoms with van der Waals surface area (Å²) in [4.78, 5) is 16.0. The summed E-state index contributed by atoms with van der Waals surface area (Å²) in [7, 11) is 3.81. The molecular formula is C10H20N4O2. The molecule has 6 nitrogen and oxygen atoms in total. The highest BCUT2D eigenvalue weighted by Gasteiger charge is 2.16. The Hall–Kier alpha value is -1.26. The van der Waals surface area contributed by atoms with Crippen LogP contribution in [0.3, 0.4) is 0 Å². The van der Waals surface area contributed by atoms with Crippen molar-refractivity contribution in [1.82, 2.24) is 4.90 Å². The Balaban J connectivity index is 3.96. The number of hydrogen-bond donors (Lipinski definition) is 0. The third-order valence-corrected chi connectivity index (χ3v) is 2.15. The maximum atomic E-state index is 11.4. The van der Waals surface area contributed by atoms with Crippen LogP contribution in [0.1, 0.15) is 20.3 Å². The molecule has 0 aromatic carbocycles. The Morgan fingerprint density at radius 3 is 2.56 bits per heavy atom. The number of carbonyl (C=O) groups excluding carboxylic acids is 1. The highest BCUT2D eigenvalue weighted by Crippen LogP contribution is 2.11. The van der Waals surface area contributed by atoms with Gasteiger partial charge in [-0.25, -0.2) is 0 Å². The molecule has 0 fully saturated rings. The Morgan fingerprint density at radius 1 is 1.50 bits per heavy atom. The molecule has 0 aromatic heterocycles. The van der Waals surface area contributed by atoms with Crippen LogP contribution in [0.4, 0.5) is 0 Å². The molecule has 16 heavy (non-hydrogen) atoms. The summed E-state index contributed by atoms with van der Waals surface area (Å²) in [5.74, 6) is -0.176. The van der Waals surface area contributed by atoms with E-state index in [9.17, 15) is 4.79 Å². The molecule has 0 spiro atoms. The van der Waals surface area contributed by atoms with Crippen LogP contribution in [0.15, 0.2) is 5.11 Å². The van der Waals surface area contributed by atoms with Gasteiger partial charge >= 0.3 is 5.97 Å². The molecule has 0 rings (SSSR count). The van der Waals surface area contributed by atoms with E-state index >= 15 is 0 Å². The molecule has 0 saturated carbocycles. The van der Waals surface area contributed by atoms with E-state index in [1.807, 2.05) is 32.8 Å². The molecule has 0 saturated heterocycles. The van der Waals surface area contributed by atoms with E-state index < -0.39 is 0 Å². The first-order valence-electron chi connectivity index (χ1n) is 5.32. The van der Waals surface area contributed by atoms with E-state index in [4.69, 9.17) is 10.3 Å². The van der Waals surface area contributed by atoms with Crippen molar-refractivity contribution in [2.45, 2.75) is 26.3 Å². The molecule has 6 heteroatoms. The van der Waals surface area contributed by atoms with Gasteiger partial charge in [-0.2, -0.15) is 0 Å². The van der Waals surface area contributed by atoms with Gasteiger partial charge in [-0.1, -0.05) is 19.0 Å². The lowest BCUT2D eigenvalue weighted by Crippen LogP contribution is -2.23. The van der Waals surface area contributed by atoms with Gasteiger partial charge in [0.15, 0.2) is 0 Å². The van der Waals surface area contributed by atoms with E-state index in [0.717, 1.165) is 0 Å². The number of azide groups is 1.